The summed E-state index contributed by atoms with van der Waals surface area (Å²) in [7, 11) is 0. The van der Waals surface area contributed by atoms with E-state index in [2.05, 4.69) is 20.3 Å². The normalized spacial score (nSPS) is 14.6. The minimum absolute atomic E-state index is 0.00961. The second-order valence-electron chi connectivity index (χ2n) is 4.82. The van der Waals surface area contributed by atoms with Crippen LogP contribution in [0.15, 0.2) is 28.2 Å². The van der Waals surface area contributed by atoms with Gasteiger partial charge in [-0.25, -0.2) is 9.97 Å². The van der Waals surface area contributed by atoms with Crippen molar-refractivity contribution in [1.29, 1.82) is 0 Å². The van der Waals surface area contributed by atoms with E-state index in [1.54, 1.807) is 10.9 Å². The summed E-state index contributed by atoms with van der Waals surface area (Å²) in [4.78, 5) is 25.9. The molecule has 0 radical (unpaired) electrons. The van der Waals surface area contributed by atoms with Crippen LogP contribution in [-0.4, -0.2) is 33.5 Å². The molecule has 106 valence electrons. The molecule has 7 heteroatoms. The highest BCUT2D eigenvalue weighted by atomic mass is 32.1. The van der Waals surface area contributed by atoms with Gasteiger partial charge in [-0.2, -0.15) is 0 Å². The van der Waals surface area contributed by atoms with Crippen LogP contribution in [0.3, 0.4) is 0 Å². The molecule has 4 rings (SSSR count). The largest absolute Gasteiger partial charge is 0.366 e. The van der Waals surface area contributed by atoms with Gasteiger partial charge in [0.15, 0.2) is 10.8 Å². The Morgan fingerprint density at radius 1 is 1.38 bits per heavy atom. The Morgan fingerprint density at radius 3 is 3.00 bits per heavy atom. The van der Waals surface area contributed by atoms with Crippen molar-refractivity contribution in [3.63, 3.8) is 0 Å². The van der Waals surface area contributed by atoms with Crippen molar-refractivity contribution < 1.29 is 0 Å². The molecule has 0 amide bonds. The summed E-state index contributed by atoms with van der Waals surface area (Å²) in [5.74, 6) is 0.823. The first-order valence-electron chi connectivity index (χ1n) is 6.85. The van der Waals surface area contributed by atoms with Gasteiger partial charge in [0, 0.05) is 13.1 Å². The lowest BCUT2D eigenvalue weighted by atomic mass is 10.2. The van der Waals surface area contributed by atoms with Crippen molar-refractivity contribution in [3.05, 3.63) is 33.8 Å². The summed E-state index contributed by atoms with van der Waals surface area (Å²) in [6, 6.07) is 3.77. The van der Waals surface area contributed by atoms with Crippen LogP contribution < -0.4 is 10.9 Å². The molecule has 0 fully saturated rings. The molecule has 0 saturated heterocycles. The highest BCUT2D eigenvalue weighted by Crippen LogP contribution is 2.28. The fraction of sp³-hybridized carbons (Fsp3) is 0.286. The van der Waals surface area contributed by atoms with Crippen LogP contribution in [0.2, 0.25) is 0 Å². The lowest BCUT2D eigenvalue weighted by Crippen LogP contribution is -2.19. The van der Waals surface area contributed by atoms with Gasteiger partial charge in [0.05, 0.1) is 34.0 Å². The van der Waals surface area contributed by atoms with Crippen LogP contribution in [-0.2, 0) is 6.54 Å². The van der Waals surface area contributed by atoms with Gasteiger partial charge in [-0.1, -0.05) is 0 Å². The van der Waals surface area contributed by atoms with Crippen LogP contribution >= 0.6 is 11.3 Å². The molecule has 0 atom stereocenters. The Hall–Kier alpha value is -2.28. The topological polar surface area (TPSA) is 72.2 Å². The summed E-state index contributed by atoms with van der Waals surface area (Å²) in [6.07, 6.45) is 1.60. The number of thiazole rings is 1. The van der Waals surface area contributed by atoms with Crippen molar-refractivity contribution in [2.45, 2.75) is 13.5 Å². The van der Waals surface area contributed by atoms with Gasteiger partial charge in [0.1, 0.15) is 0 Å². The third-order valence-corrected chi connectivity index (χ3v) is 4.66. The lowest BCUT2D eigenvalue weighted by molar-refractivity contribution is 0.718. The zero-order chi connectivity index (χ0) is 14.4. The van der Waals surface area contributed by atoms with Crippen molar-refractivity contribution in [1.82, 2.24) is 19.9 Å². The van der Waals surface area contributed by atoms with Gasteiger partial charge < -0.3 is 5.32 Å². The van der Waals surface area contributed by atoms with Crippen molar-refractivity contribution in [3.8, 4) is 0 Å². The first-order valence-corrected chi connectivity index (χ1v) is 7.67. The Bertz CT molecular complexity index is 940. The molecule has 1 N–H and O–H groups in total. The lowest BCUT2D eigenvalue weighted by Gasteiger charge is -2.03. The highest BCUT2D eigenvalue weighted by Gasteiger charge is 2.16. The SMILES string of the molecule is CCn1cnc2ccc3nc(C4=NCCN4)sc3c2c1=O. The molecule has 3 aromatic rings. The molecule has 0 aliphatic carbocycles. The second kappa shape index (κ2) is 4.63. The van der Waals surface area contributed by atoms with Gasteiger partial charge in [0.2, 0.25) is 0 Å². The van der Waals surface area contributed by atoms with E-state index < -0.39 is 0 Å². The fourth-order valence-corrected chi connectivity index (χ4v) is 3.57. The van der Waals surface area contributed by atoms with E-state index in [0.29, 0.717) is 17.4 Å². The molecule has 1 aliphatic heterocycles. The number of amidine groups is 1. The zero-order valence-electron chi connectivity index (χ0n) is 11.5. The van der Waals surface area contributed by atoms with E-state index in [0.717, 1.165) is 34.1 Å². The fourth-order valence-electron chi connectivity index (χ4n) is 2.49. The van der Waals surface area contributed by atoms with E-state index in [4.69, 9.17) is 0 Å². The van der Waals surface area contributed by atoms with Gasteiger partial charge in [0.25, 0.3) is 5.56 Å². The van der Waals surface area contributed by atoms with Crippen LogP contribution in [0.25, 0.3) is 21.1 Å². The van der Waals surface area contributed by atoms with Crippen LogP contribution in [0.5, 0.6) is 0 Å². The standard InChI is InChI=1S/C14H13N5OS/c1-2-19-7-17-8-3-4-9-11(10(8)14(19)20)21-13(18-9)12-15-5-6-16-12/h3-4,7H,2,5-6H2,1H3,(H,15,16). The second-order valence-corrected chi connectivity index (χ2v) is 5.82. The quantitative estimate of drug-likeness (QED) is 0.776. The maximum absolute atomic E-state index is 12.6. The predicted molar refractivity (Wildman–Crippen MR) is 84.3 cm³/mol. The minimum atomic E-state index is -0.00961. The van der Waals surface area contributed by atoms with Crippen LogP contribution in [0.1, 0.15) is 11.9 Å². The third kappa shape index (κ3) is 1.84. The summed E-state index contributed by atoms with van der Waals surface area (Å²) < 4.78 is 2.51. The first-order chi connectivity index (χ1) is 10.3. The Balaban J connectivity index is 2.06. The number of nitrogens with zero attached hydrogens (tertiary/aromatic N) is 4. The van der Waals surface area contributed by atoms with Crippen LogP contribution in [0, 0.1) is 0 Å². The molecule has 21 heavy (non-hydrogen) atoms. The number of aliphatic imine (C=N–C) groups is 1. The maximum Gasteiger partial charge on any atom is 0.262 e. The summed E-state index contributed by atoms with van der Waals surface area (Å²) in [5.41, 5.74) is 1.53. The first kappa shape index (κ1) is 12.5. The molecule has 2 aromatic heterocycles. The number of aromatic nitrogens is 3. The van der Waals surface area contributed by atoms with E-state index in [9.17, 15) is 4.79 Å². The molecule has 1 aliphatic rings. The maximum atomic E-state index is 12.6. The average molecular weight is 299 g/mol. The van der Waals surface area contributed by atoms with Crippen molar-refractivity contribution >= 4 is 38.3 Å². The summed E-state index contributed by atoms with van der Waals surface area (Å²) in [5, 5.41) is 4.70. The van der Waals surface area contributed by atoms with Gasteiger partial charge in [-0.05, 0) is 19.1 Å². The zero-order valence-corrected chi connectivity index (χ0v) is 12.3. The molecule has 6 nitrogen and oxygen atoms in total. The Kier molecular flexibility index (Phi) is 2.75. The van der Waals surface area contributed by atoms with E-state index in [1.165, 1.54) is 11.3 Å². The molecule has 0 saturated carbocycles. The molecule has 1 aromatic carbocycles. The van der Waals surface area contributed by atoms with Crippen molar-refractivity contribution in [2.24, 2.45) is 4.99 Å². The Morgan fingerprint density at radius 2 is 2.24 bits per heavy atom. The number of nitrogens with one attached hydrogen (secondary N) is 1. The highest BCUT2D eigenvalue weighted by molar-refractivity contribution is 7.21. The van der Waals surface area contributed by atoms with Gasteiger partial charge in [-0.3, -0.25) is 14.4 Å². The van der Waals surface area contributed by atoms with Crippen molar-refractivity contribution in [2.75, 3.05) is 13.1 Å². The van der Waals surface area contributed by atoms with Gasteiger partial charge in [-0.15, -0.1) is 11.3 Å². The van der Waals surface area contributed by atoms with E-state index >= 15 is 0 Å². The summed E-state index contributed by atoms with van der Waals surface area (Å²) >= 11 is 1.50. The monoisotopic (exact) mass is 299 g/mol. The molecule has 3 heterocycles. The molecular formula is C14H13N5OS. The number of benzene rings is 1. The smallest absolute Gasteiger partial charge is 0.262 e. The van der Waals surface area contributed by atoms with Gasteiger partial charge >= 0.3 is 0 Å². The molecule has 0 unspecified atom stereocenters. The summed E-state index contributed by atoms with van der Waals surface area (Å²) in [6.45, 7) is 4.16. The third-order valence-electron chi connectivity index (χ3n) is 3.56. The predicted octanol–water partition coefficient (Wildman–Crippen LogP) is 1.38. The van der Waals surface area contributed by atoms with Crippen LogP contribution in [0.4, 0.5) is 0 Å². The van der Waals surface area contributed by atoms with E-state index in [-0.39, 0.29) is 5.56 Å². The Labute approximate surface area is 124 Å². The molecule has 0 spiro atoms. The number of rotatable bonds is 2. The average Bonchev–Trinajstić information content (AvgIpc) is 3.16. The molecular weight excluding hydrogens is 286 g/mol. The molecule has 0 bridgehead atoms. The number of aryl methyl sites for hydroxylation is 1. The number of fused-ring (bicyclic) bond motifs is 3. The van der Waals surface area contributed by atoms with E-state index in [1.807, 2.05) is 19.1 Å². The number of hydrogen-bond acceptors (Lipinski definition) is 6. The number of hydrogen-bond donors (Lipinski definition) is 1. The minimum Gasteiger partial charge on any atom is -0.366 e.